The second-order valence-electron chi connectivity index (χ2n) is 6.08. The van der Waals surface area contributed by atoms with Crippen LogP contribution >= 0.6 is 11.3 Å². The molecule has 1 amide bonds. The van der Waals surface area contributed by atoms with Crippen LogP contribution in [-0.4, -0.2) is 29.8 Å². The average Bonchev–Trinajstić information content (AvgIpc) is 3.30. The Labute approximate surface area is 170 Å². The molecule has 0 atom stereocenters. The van der Waals surface area contributed by atoms with Gasteiger partial charge in [-0.05, 0) is 41.8 Å². The molecule has 8 heteroatoms. The fourth-order valence-corrected chi connectivity index (χ4v) is 3.58. The molecule has 0 aliphatic rings. The third kappa shape index (κ3) is 3.45. The lowest BCUT2D eigenvalue weighted by atomic mass is 10.1. The van der Waals surface area contributed by atoms with E-state index in [1.807, 2.05) is 6.07 Å². The second-order valence-corrected chi connectivity index (χ2v) is 7.03. The summed E-state index contributed by atoms with van der Waals surface area (Å²) < 4.78 is 11.8. The molecule has 2 aromatic carbocycles. The minimum atomic E-state index is -0.388. The first-order chi connectivity index (χ1) is 14.1. The number of ether oxygens (including phenoxy) is 2. The Hall–Kier alpha value is -3.65. The number of fused-ring (bicyclic) bond motifs is 1. The summed E-state index contributed by atoms with van der Waals surface area (Å²) >= 11 is 1.29. The van der Waals surface area contributed by atoms with Gasteiger partial charge in [-0.25, -0.2) is 4.98 Å². The fourth-order valence-electron chi connectivity index (χ4n) is 2.97. The molecule has 0 spiro atoms. The Morgan fingerprint density at radius 2 is 1.83 bits per heavy atom. The van der Waals surface area contributed by atoms with Gasteiger partial charge in [-0.15, -0.1) is 11.3 Å². The summed E-state index contributed by atoms with van der Waals surface area (Å²) in [5, 5.41) is 2.20. The molecule has 0 unspecified atom stereocenters. The molecular formula is C21H17N3O4S. The van der Waals surface area contributed by atoms with Gasteiger partial charge in [0.1, 0.15) is 0 Å². The average molecular weight is 407 g/mol. The second kappa shape index (κ2) is 7.76. The topological polar surface area (TPSA) is 82.5 Å². The number of carbonyl (C=O) groups is 1. The number of thiophene rings is 1. The third-order valence-electron chi connectivity index (χ3n) is 4.38. The van der Waals surface area contributed by atoms with E-state index in [9.17, 15) is 9.59 Å². The number of nitrogens with one attached hydrogen (secondary N) is 1. The third-order valence-corrected chi connectivity index (χ3v) is 5.24. The number of methoxy groups -OCH3 is 2. The van der Waals surface area contributed by atoms with Crippen molar-refractivity contribution in [1.82, 2.24) is 9.66 Å². The van der Waals surface area contributed by atoms with Gasteiger partial charge in [-0.2, -0.15) is 4.68 Å². The molecule has 4 rings (SSSR count). The van der Waals surface area contributed by atoms with Gasteiger partial charge in [0.2, 0.25) is 0 Å². The van der Waals surface area contributed by atoms with Crippen LogP contribution in [0.3, 0.4) is 0 Å². The van der Waals surface area contributed by atoms with E-state index in [-0.39, 0.29) is 11.5 Å². The van der Waals surface area contributed by atoms with Crippen LogP contribution in [0.15, 0.2) is 64.8 Å². The number of rotatable bonds is 5. The zero-order chi connectivity index (χ0) is 20.4. The summed E-state index contributed by atoms with van der Waals surface area (Å²) in [4.78, 5) is 30.9. The molecule has 4 aromatic rings. The van der Waals surface area contributed by atoms with E-state index in [0.29, 0.717) is 38.7 Å². The van der Waals surface area contributed by atoms with Crippen molar-refractivity contribution in [1.29, 1.82) is 0 Å². The minimum Gasteiger partial charge on any atom is -0.493 e. The lowest BCUT2D eigenvalue weighted by Crippen LogP contribution is -2.34. The van der Waals surface area contributed by atoms with Crippen LogP contribution in [0.5, 0.6) is 11.5 Å². The molecule has 1 N–H and O–H groups in total. The molecule has 0 saturated heterocycles. The highest BCUT2D eigenvalue weighted by molar-refractivity contribution is 7.12. The standard InChI is InChI=1S/C21H17N3O4S/c1-27-16-10-9-13(12-17(16)28-2)19-22-15-7-4-3-6-14(15)21(26)24(19)23-20(25)18-8-5-11-29-18/h3-12H,1-2H3,(H,23,25). The number of carbonyl (C=O) groups excluding carboxylic acids is 1. The molecule has 0 fully saturated rings. The van der Waals surface area contributed by atoms with E-state index >= 15 is 0 Å². The fraction of sp³-hybridized carbons (Fsp3) is 0.0952. The van der Waals surface area contributed by atoms with Crippen LogP contribution in [-0.2, 0) is 0 Å². The summed E-state index contributed by atoms with van der Waals surface area (Å²) in [6.07, 6.45) is 0. The molecule has 0 radical (unpaired) electrons. The van der Waals surface area contributed by atoms with Gasteiger partial charge < -0.3 is 9.47 Å². The first-order valence-electron chi connectivity index (χ1n) is 8.71. The van der Waals surface area contributed by atoms with Crippen LogP contribution in [0.1, 0.15) is 9.67 Å². The van der Waals surface area contributed by atoms with Crippen molar-refractivity contribution in [3.63, 3.8) is 0 Å². The number of para-hydroxylation sites is 1. The molecule has 0 aliphatic heterocycles. The Bertz CT molecular complexity index is 1250. The predicted octanol–water partition coefficient (Wildman–Crippen LogP) is 3.53. The van der Waals surface area contributed by atoms with Crippen molar-refractivity contribution in [2.24, 2.45) is 0 Å². The summed E-state index contributed by atoms with van der Waals surface area (Å²) in [6.45, 7) is 0. The number of hydrogen-bond acceptors (Lipinski definition) is 6. The lowest BCUT2D eigenvalue weighted by molar-refractivity contribution is 0.101. The Morgan fingerprint density at radius 1 is 1.03 bits per heavy atom. The van der Waals surface area contributed by atoms with Gasteiger partial charge in [0, 0.05) is 5.56 Å². The number of amides is 1. The Kier molecular flexibility index (Phi) is 5.01. The predicted molar refractivity (Wildman–Crippen MR) is 113 cm³/mol. The van der Waals surface area contributed by atoms with E-state index in [1.54, 1.807) is 61.0 Å². The van der Waals surface area contributed by atoms with Gasteiger partial charge >= 0.3 is 0 Å². The van der Waals surface area contributed by atoms with Crippen molar-refractivity contribution in [3.05, 3.63) is 75.2 Å². The van der Waals surface area contributed by atoms with Gasteiger partial charge in [-0.1, -0.05) is 18.2 Å². The zero-order valence-electron chi connectivity index (χ0n) is 15.7. The maximum absolute atomic E-state index is 13.2. The van der Waals surface area contributed by atoms with Crippen molar-refractivity contribution < 1.29 is 14.3 Å². The van der Waals surface area contributed by atoms with Crippen LogP contribution < -0.4 is 20.5 Å². The molecule has 0 aliphatic carbocycles. The molecule has 7 nitrogen and oxygen atoms in total. The van der Waals surface area contributed by atoms with Gasteiger partial charge in [-0.3, -0.25) is 15.0 Å². The molecular weight excluding hydrogens is 390 g/mol. The summed E-state index contributed by atoms with van der Waals surface area (Å²) in [7, 11) is 3.07. The van der Waals surface area contributed by atoms with E-state index in [1.165, 1.54) is 23.1 Å². The van der Waals surface area contributed by atoms with Crippen molar-refractivity contribution in [3.8, 4) is 22.9 Å². The number of hydrogen-bond donors (Lipinski definition) is 1. The van der Waals surface area contributed by atoms with Crippen molar-refractivity contribution in [2.75, 3.05) is 19.6 Å². The van der Waals surface area contributed by atoms with Crippen molar-refractivity contribution >= 4 is 28.1 Å². The highest BCUT2D eigenvalue weighted by Gasteiger charge is 2.17. The first kappa shape index (κ1) is 18.7. The maximum atomic E-state index is 13.2. The summed E-state index contributed by atoms with van der Waals surface area (Å²) in [5.41, 5.74) is 3.43. The number of benzene rings is 2. The Balaban J connectivity index is 1.92. The Morgan fingerprint density at radius 3 is 2.55 bits per heavy atom. The molecule has 2 heterocycles. The molecule has 29 heavy (non-hydrogen) atoms. The van der Waals surface area contributed by atoms with Gasteiger partial charge in [0.05, 0.1) is 30.0 Å². The van der Waals surface area contributed by atoms with Crippen LogP contribution in [0.2, 0.25) is 0 Å². The quantitative estimate of drug-likeness (QED) is 0.547. The highest BCUT2D eigenvalue weighted by atomic mass is 32.1. The summed E-state index contributed by atoms with van der Waals surface area (Å²) in [6, 6.07) is 15.7. The lowest BCUT2D eigenvalue weighted by Gasteiger charge is -2.15. The SMILES string of the molecule is COc1ccc(-c2nc3ccccc3c(=O)n2NC(=O)c2cccs2)cc1OC. The largest absolute Gasteiger partial charge is 0.493 e. The van der Waals surface area contributed by atoms with E-state index < -0.39 is 0 Å². The number of nitrogens with zero attached hydrogens (tertiary/aromatic N) is 2. The number of aromatic nitrogens is 2. The van der Waals surface area contributed by atoms with Gasteiger partial charge in [0.25, 0.3) is 11.5 Å². The van der Waals surface area contributed by atoms with Crippen LogP contribution in [0.25, 0.3) is 22.3 Å². The maximum Gasteiger partial charge on any atom is 0.280 e. The van der Waals surface area contributed by atoms with E-state index in [4.69, 9.17) is 9.47 Å². The van der Waals surface area contributed by atoms with Crippen LogP contribution in [0.4, 0.5) is 0 Å². The molecule has 0 saturated carbocycles. The normalized spacial score (nSPS) is 10.7. The minimum absolute atomic E-state index is 0.291. The monoisotopic (exact) mass is 407 g/mol. The van der Waals surface area contributed by atoms with Gasteiger partial charge in [0.15, 0.2) is 17.3 Å². The smallest absolute Gasteiger partial charge is 0.280 e. The highest BCUT2D eigenvalue weighted by Crippen LogP contribution is 2.31. The zero-order valence-corrected chi connectivity index (χ0v) is 16.5. The van der Waals surface area contributed by atoms with Crippen molar-refractivity contribution in [2.45, 2.75) is 0 Å². The molecule has 2 aromatic heterocycles. The summed E-state index contributed by atoms with van der Waals surface area (Å²) in [5.74, 6) is 0.942. The molecule has 146 valence electrons. The van der Waals surface area contributed by atoms with E-state index in [0.717, 1.165) is 0 Å². The molecule has 0 bridgehead atoms. The first-order valence-corrected chi connectivity index (χ1v) is 9.59. The van der Waals surface area contributed by atoms with Crippen LogP contribution in [0, 0.1) is 0 Å². The van der Waals surface area contributed by atoms with E-state index in [2.05, 4.69) is 10.4 Å².